The maximum absolute atomic E-state index is 10.6. The number of nitro benzene ring substituents is 1. The lowest BCUT2D eigenvalue weighted by Crippen LogP contribution is -2.13. The normalized spacial score (nSPS) is 10.3. The molecule has 15 heavy (non-hydrogen) atoms. The van der Waals surface area contributed by atoms with Crippen LogP contribution < -0.4 is 5.32 Å². The monoisotopic (exact) mass is 272 g/mol. The highest BCUT2D eigenvalue weighted by atomic mass is 79.9. The maximum atomic E-state index is 10.6. The number of benzene rings is 1. The topological polar surface area (TPSA) is 55.2 Å². The predicted molar refractivity (Wildman–Crippen MR) is 62.8 cm³/mol. The van der Waals surface area contributed by atoms with Gasteiger partial charge in [-0.2, -0.15) is 0 Å². The van der Waals surface area contributed by atoms with Gasteiger partial charge in [0.15, 0.2) is 0 Å². The standard InChI is InChI=1S/C10H13BrN2O2/c1-2-3-12-7-8-4-9(11)6-10(5-8)13(14)15/h4-6,12H,2-3,7H2,1H3. The average Bonchev–Trinajstić information content (AvgIpc) is 2.17. The van der Waals surface area contributed by atoms with Crippen LogP contribution in [0.1, 0.15) is 18.9 Å². The Bertz CT molecular complexity index is 355. The summed E-state index contributed by atoms with van der Waals surface area (Å²) in [5.41, 5.74) is 1.04. The van der Waals surface area contributed by atoms with E-state index in [1.54, 1.807) is 6.07 Å². The minimum Gasteiger partial charge on any atom is -0.313 e. The molecule has 0 heterocycles. The molecule has 82 valence electrons. The van der Waals surface area contributed by atoms with Crippen molar-refractivity contribution in [2.24, 2.45) is 0 Å². The second-order valence-electron chi connectivity index (χ2n) is 3.25. The van der Waals surface area contributed by atoms with Crippen molar-refractivity contribution in [3.05, 3.63) is 38.3 Å². The Morgan fingerprint density at radius 3 is 2.80 bits per heavy atom. The molecular formula is C10H13BrN2O2. The van der Waals surface area contributed by atoms with Gasteiger partial charge >= 0.3 is 0 Å². The van der Waals surface area contributed by atoms with E-state index in [9.17, 15) is 10.1 Å². The number of nitrogens with zero attached hydrogens (tertiary/aromatic N) is 1. The van der Waals surface area contributed by atoms with Crippen LogP contribution in [-0.2, 0) is 6.54 Å². The molecule has 1 aromatic rings. The molecule has 0 saturated carbocycles. The predicted octanol–water partition coefficient (Wildman–Crippen LogP) is 2.86. The molecule has 5 heteroatoms. The van der Waals surface area contributed by atoms with Crippen LogP contribution in [0, 0.1) is 10.1 Å². The van der Waals surface area contributed by atoms with Gasteiger partial charge in [-0.3, -0.25) is 10.1 Å². The SMILES string of the molecule is CCCNCc1cc(Br)cc([N+](=O)[O-])c1. The molecule has 0 atom stereocenters. The molecule has 0 radical (unpaired) electrons. The first-order valence-electron chi connectivity index (χ1n) is 4.78. The molecule has 0 aromatic heterocycles. The third kappa shape index (κ3) is 3.97. The third-order valence-electron chi connectivity index (χ3n) is 1.91. The zero-order chi connectivity index (χ0) is 11.3. The van der Waals surface area contributed by atoms with Gasteiger partial charge in [-0.1, -0.05) is 22.9 Å². The highest BCUT2D eigenvalue weighted by Crippen LogP contribution is 2.21. The molecule has 4 nitrogen and oxygen atoms in total. The molecule has 0 aliphatic heterocycles. The Hall–Kier alpha value is -0.940. The van der Waals surface area contributed by atoms with Crippen molar-refractivity contribution >= 4 is 21.6 Å². The van der Waals surface area contributed by atoms with E-state index in [4.69, 9.17) is 0 Å². The molecule has 1 N–H and O–H groups in total. The second kappa shape index (κ2) is 5.82. The Balaban J connectivity index is 2.75. The largest absolute Gasteiger partial charge is 0.313 e. The number of non-ortho nitro benzene ring substituents is 1. The minimum atomic E-state index is -0.381. The zero-order valence-electron chi connectivity index (χ0n) is 8.50. The van der Waals surface area contributed by atoms with E-state index >= 15 is 0 Å². The Labute approximate surface area is 97.0 Å². The van der Waals surface area contributed by atoms with Crippen molar-refractivity contribution in [3.63, 3.8) is 0 Å². The summed E-state index contributed by atoms with van der Waals surface area (Å²) in [5.74, 6) is 0. The van der Waals surface area contributed by atoms with Gasteiger partial charge < -0.3 is 5.32 Å². The van der Waals surface area contributed by atoms with Gasteiger partial charge in [-0.15, -0.1) is 0 Å². The van der Waals surface area contributed by atoms with Crippen molar-refractivity contribution in [1.29, 1.82) is 0 Å². The van der Waals surface area contributed by atoms with Crippen LogP contribution in [0.5, 0.6) is 0 Å². The van der Waals surface area contributed by atoms with Crippen molar-refractivity contribution < 1.29 is 4.92 Å². The Kier molecular flexibility index (Phi) is 4.71. The van der Waals surface area contributed by atoms with Gasteiger partial charge in [0.25, 0.3) is 5.69 Å². The van der Waals surface area contributed by atoms with E-state index in [-0.39, 0.29) is 10.6 Å². The summed E-state index contributed by atoms with van der Waals surface area (Å²) in [5, 5.41) is 13.8. The van der Waals surface area contributed by atoms with Crippen LogP contribution in [0.4, 0.5) is 5.69 Å². The van der Waals surface area contributed by atoms with Crippen molar-refractivity contribution in [1.82, 2.24) is 5.32 Å². The fraction of sp³-hybridized carbons (Fsp3) is 0.400. The quantitative estimate of drug-likeness (QED) is 0.510. The van der Waals surface area contributed by atoms with Crippen molar-refractivity contribution in [3.8, 4) is 0 Å². The van der Waals surface area contributed by atoms with E-state index in [1.165, 1.54) is 6.07 Å². The van der Waals surface area contributed by atoms with E-state index in [0.717, 1.165) is 23.0 Å². The molecule has 0 fully saturated rings. The number of hydrogen-bond acceptors (Lipinski definition) is 3. The molecule has 1 aromatic carbocycles. The number of nitro groups is 1. The highest BCUT2D eigenvalue weighted by molar-refractivity contribution is 9.10. The number of rotatable bonds is 5. The third-order valence-corrected chi connectivity index (χ3v) is 2.37. The molecule has 0 unspecified atom stereocenters. The first kappa shape index (κ1) is 12.1. The molecule has 0 amide bonds. The van der Waals surface area contributed by atoms with Gasteiger partial charge in [-0.05, 0) is 24.6 Å². The zero-order valence-corrected chi connectivity index (χ0v) is 10.1. The fourth-order valence-corrected chi connectivity index (χ4v) is 1.78. The Morgan fingerprint density at radius 1 is 1.47 bits per heavy atom. The van der Waals surface area contributed by atoms with Crippen LogP contribution in [0.25, 0.3) is 0 Å². The van der Waals surface area contributed by atoms with Crippen LogP contribution in [0.2, 0.25) is 0 Å². The number of hydrogen-bond donors (Lipinski definition) is 1. The lowest BCUT2D eigenvalue weighted by atomic mass is 10.2. The molecular weight excluding hydrogens is 260 g/mol. The molecule has 0 aliphatic carbocycles. The smallest absolute Gasteiger partial charge is 0.270 e. The molecule has 1 rings (SSSR count). The van der Waals surface area contributed by atoms with Gasteiger partial charge in [0.1, 0.15) is 0 Å². The highest BCUT2D eigenvalue weighted by Gasteiger charge is 2.07. The van der Waals surface area contributed by atoms with Gasteiger partial charge in [-0.25, -0.2) is 0 Å². The van der Waals surface area contributed by atoms with Gasteiger partial charge in [0.05, 0.1) is 4.92 Å². The van der Waals surface area contributed by atoms with Gasteiger partial charge in [0, 0.05) is 23.2 Å². The maximum Gasteiger partial charge on any atom is 0.270 e. The van der Waals surface area contributed by atoms with Crippen molar-refractivity contribution in [2.45, 2.75) is 19.9 Å². The summed E-state index contributed by atoms with van der Waals surface area (Å²) >= 11 is 3.26. The first-order chi connectivity index (χ1) is 7.13. The fourth-order valence-electron chi connectivity index (χ4n) is 1.25. The summed E-state index contributed by atoms with van der Waals surface area (Å²) in [4.78, 5) is 10.2. The summed E-state index contributed by atoms with van der Waals surface area (Å²) in [6, 6.07) is 4.98. The average molecular weight is 273 g/mol. The molecule has 0 aliphatic rings. The summed E-state index contributed by atoms with van der Waals surface area (Å²) < 4.78 is 0.741. The van der Waals surface area contributed by atoms with Crippen LogP contribution >= 0.6 is 15.9 Å². The number of halogens is 1. The minimum absolute atomic E-state index is 0.123. The second-order valence-corrected chi connectivity index (χ2v) is 4.17. The summed E-state index contributed by atoms with van der Waals surface area (Å²) in [7, 11) is 0. The van der Waals surface area contributed by atoms with E-state index < -0.39 is 0 Å². The molecule has 0 saturated heterocycles. The van der Waals surface area contributed by atoms with Crippen molar-refractivity contribution in [2.75, 3.05) is 6.54 Å². The van der Waals surface area contributed by atoms with E-state index in [1.807, 2.05) is 6.07 Å². The molecule has 0 bridgehead atoms. The van der Waals surface area contributed by atoms with Crippen LogP contribution in [0.3, 0.4) is 0 Å². The first-order valence-corrected chi connectivity index (χ1v) is 5.57. The number of nitrogens with one attached hydrogen (secondary N) is 1. The van der Waals surface area contributed by atoms with Crippen LogP contribution in [-0.4, -0.2) is 11.5 Å². The molecule has 0 spiro atoms. The lowest BCUT2D eigenvalue weighted by Gasteiger charge is -2.03. The van der Waals surface area contributed by atoms with Crippen LogP contribution in [0.15, 0.2) is 22.7 Å². The van der Waals surface area contributed by atoms with E-state index in [2.05, 4.69) is 28.2 Å². The Morgan fingerprint density at radius 2 is 2.20 bits per heavy atom. The lowest BCUT2D eigenvalue weighted by molar-refractivity contribution is -0.385. The summed E-state index contributed by atoms with van der Waals surface area (Å²) in [6.07, 6.45) is 1.05. The summed E-state index contributed by atoms with van der Waals surface area (Å²) in [6.45, 7) is 3.66. The van der Waals surface area contributed by atoms with Gasteiger partial charge in [0.2, 0.25) is 0 Å². The van der Waals surface area contributed by atoms with E-state index in [0.29, 0.717) is 6.54 Å².